The molecule has 7 rings (SSSR count). The van der Waals surface area contributed by atoms with E-state index in [9.17, 15) is 4.79 Å². The van der Waals surface area contributed by atoms with Crippen LogP contribution in [-0.2, 0) is 13.1 Å². The van der Waals surface area contributed by atoms with Gasteiger partial charge in [-0.15, -0.1) is 0 Å². The maximum absolute atomic E-state index is 13.4. The molecular weight excluding hydrogens is 436 g/mol. The molecule has 2 aromatic carbocycles. The number of hydrogen-bond acceptors (Lipinski definition) is 4. The summed E-state index contributed by atoms with van der Waals surface area (Å²) in [5.74, 6) is 1.77. The molecule has 0 radical (unpaired) electrons. The molecule has 1 saturated carbocycles. The lowest BCUT2D eigenvalue weighted by molar-refractivity contribution is 0.0709. The molecule has 1 saturated heterocycles. The first-order chi connectivity index (χ1) is 17.1. The fourth-order valence-electron chi connectivity index (χ4n) is 6.07. The average Bonchev–Trinajstić information content (AvgIpc) is 3.51. The van der Waals surface area contributed by atoms with Crippen molar-refractivity contribution in [2.75, 3.05) is 13.1 Å². The van der Waals surface area contributed by atoms with Crippen molar-refractivity contribution < 1.29 is 4.79 Å². The quantitative estimate of drug-likeness (QED) is 0.473. The number of imidazole rings is 1. The van der Waals surface area contributed by atoms with E-state index in [-0.39, 0.29) is 18.0 Å². The molecule has 2 unspecified atom stereocenters. The SMILES string of the molecule is NC1CCCN(C(=O)c2cc3c4c(c2)nc(-c2cc5ccccc5n2CC2CC2)n4CCC3N)C1. The van der Waals surface area contributed by atoms with Crippen molar-refractivity contribution in [3.05, 3.63) is 53.6 Å². The van der Waals surface area contributed by atoms with Crippen molar-refractivity contribution in [1.29, 1.82) is 0 Å². The fraction of sp³-hybridized carbons (Fsp3) is 0.429. The summed E-state index contributed by atoms with van der Waals surface area (Å²) in [4.78, 5) is 20.5. The van der Waals surface area contributed by atoms with E-state index in [1.54, 1.807) is 0 Å². The molecule has 2 fully saturated rings. The van der Waals surface area contributed by atoms with Crippen LogP contribution >= 0.6 is 0 Å². The average molecular weight is 469 g/mol. The van der Waals surface area contributed by atoms with Crippen molar-refractivity contribution in [2.45, 2.75) is 57.3 Å². The molecule has 4 N–H and O–H groups in total. The van der Waals surface area contributed by atoms with E-state index in [4.69, 9.17) is 16.5 Å². The zero-order valence-corrected chi connectivity index (χ0v) is 20.0. The lowest BCUT2D eigenvalue weighted by Crippen LogP contribution is -2.45. The molecule has 180 valence electrons. The second-order valence-electron chi connectivity index (χ2n) is 10.7. The summed E-state index contributed by atoms with van der Waals surface area (Å²) >= 11 is 0. The van der Waals surface area contributed by atoms with Gasteiger partial charge in [0.25, 0.3) is 5.91 Å². The van der Waals surface area contributed by atoms with Crippen molar-refractivity contribution in [3.8, 4) is 11.5 Å². The van der Waals surface area contributed by atoms with Crippen LogP contribution in [0.5, 0.6) is 0 Å². The predicted molar refractivity (Wildman–Crippen MR) is 138 cm³/mol. The highest BCUT2D eigenvalue weighted by Crippen LogP contribution is 2.39. The van der Waals surface area contributed by atoms with E-state index in [0.29, 0.717) is 12.1 Å². The third-order valence-electron chi connectivity index (χ3n) is 8.10. The van der Waals surface area contributed by atoms with Gasteiger partial charge in [0, 0.05) is 54.7 Å². The standard InChI is InChI=1S/C28H32N6O/c29-20-5-3-10-32(16-20)28(35)19-12-21-22(30)9-11-33-26(21)23(13-19)31-27(33)25-14-18-4-1-2-6-24(18)34(25)15-17-7-8-17/h1-2,4,6,12-14,17,20,22H,3,5,7-11,15-16,29-30H2. The summed E-state index contributed by atoms with van der Waals surface area (Å²) in [7, 11) is 0. The summed E-state index contributed by atoms with van der Waals surface area (Å²) < 4.78 is 4.78. The molecule has 2 aromatic heterocycles. The van der Waals surface area contributed by atoms with Gasteiger partial charge in [-0.2, -0.15) is 0 Å². The number of piperidine rings is 1. The first-order valence-electron chi connectivity index (χ1n) is 13.0. The molecule has 0 spiro atoms. The second-order valence-corrected chi connectivity index (χ2v) is 10.7. The van der Waals surface area contributed by atoms with Crippen LogP contribution in [0, 0.1) is 5.92 Å². The Morgan fingerprint density at radius 3 is 2.71 bits per heavy atom. The molecular formula is C28H32N6O. The summed E-state index contributed by atoms with van der Waals surface area (Å²) in [5.41, 5.74) is 18.8. The molecule has 4 aromatic rings. The van der Waals surface area contributed by atoms with Crippen LogP contribution in [0.15, 0.2) is 42.5 Å². The first-order valence-corrected chi connectivity index (χ1v) is 13.0. The summed E-state index contributed by atoms with van der Waals surface area (Å²) in [6, 6.07) is 14.8. The lowest BCUT2D eigenvalue weighted by Gasteiger charge is -2.31. The summed E-state index contributed by atoms with van der Waals surface area (Å²) in [6.07, 6.45) is 5.36. The monoisotopic (exact) mass is 468 g/mol. The van der Waals surface area contributed by atoms with Crippen LogP contribution in [0.1, 0.15) is 54.1 Å². The Hall–Kier alpha value is -3.16. The second kappa shape index (κ2) is 7.93. The van der Waals surface area contributed by atoms with Gasteiger partial charge in [-0.1, -0.05) is 18.2 Å². The Morgan fingerprint density at radius 2 is 1.89 bits per heavy atom. The maximum atomic E-state index is 13.4. The van der Waals surface area contributed by atoms with Gasteiger partial charge in [0.15, 0.2) is 5.82 Å². The Bertz CT molecular complexity index is 1460. The van der Waals surface area contributed by atoms with Gasteiger partial charge in [-0.05, 0) is 67.9 Å². The number of rotatable bonds is 4. The van der Waals surface area contributed by atoms with Gasteiger partial charge >= 0.3 is 0 Å². The van der Waals surface area contributed by atoms with Crippen LogP contribution in [0.25, 0.3) is 33.5 Å². The molecule has 7 heteroatoms. The van der Waals surface area contributed by atoms with Crippen LogP contribution in [0.3, 0.4) is 0 Å². The molecule has 4 heterocycles. The zero-order valence-electron chi connectivity index (χ0n) is 20.0. The number of nitrogens with two attached hydrogens (primary N) is 2. The smallest absolute Gasteiger partial charge is 0.253 e. The van der Waals surface area contributed by atoms with E-state index in [0.717, 1.165) is 72.9 Å². The number of fused-ring (bicyclic) bond motifs is 1. The van der Waals surface area contributed by atoms with Gasteiger partial charge in [0.2, 0.25) is 0 Å². The molecule has 7 nitrogen and oxygen atoms in total. The maximum Gasteiger partial charge on any atom is 0.253 e. The molecule has 35 heavy (non-hydrogen) atoms. The summed E-state index contributed by atoms with van der Waals surface area (Å²) in [6.45, 7) is 3.22. The van der Waals surface area contributed by atoms with Crippen LogP contribution in [0.2, 0.25) is 0 Å². The van der Waals surface area contributed by atoms with E-state index in [1.807, 2.05) is 17.0 Å². The Balaban J connectivity index is 1.38. The highest BCUT2D eigenvalue weighted by atomic mass is 16.2. The number of benzene rings is 2. The van der Waals surface area contributed by atoms with E-state index < -0.39 is 0 Å². The molecule has 2 atom stereocenters. The van der Waals surface area contributed by atoms with E-state index in [1.165, 1.54) is 23.7 Å². The lowest BCUT2D eigenvalue weighted by atomic mass is 9.96. The number of amides is 1. The molecule has 1 aliphatic carbocycles. The largest absolute Gasteiger partial charge is 0.338 e. The van der Waals surface area contributed by atoms with Gasteiger partial charge in [0.1, 0.15) is 0 Å². The minimum absolute atomic E-state index is 0.0371. The highest BCUT2D eigenvalue weighted by molar-refractivity contribution is 5.99. The fourth-order valence-corrected chi connectivity index (χ4v) is 6.07. The normalized spacial score (nSPS) is 22.3. The van der Waals surface area contributed by atoms with Crippen molar-refractivity contribution in [1.82, 2.24) is 19.0 Å². The third-order valence-corrected chi connectivity index (χ3v) is 8.10. The number of hydrogen-bond donors (Lipinski definition) is 2. The first kappa shape index (κ1) is 21.1. The topological polar surface area (TPSA) is 95.1 Å². The minimum atomic E-state index is -0.0942. The van der Waals surface area contributed by atoms with Crippen molar-refractivity contribution in [2.24, 2.45) is 17.4 Å². The van der Waals surface area contributed by atoms with Crippen molar-refractivity contribution >= 4 is 27.8 Å². The Labute approximate surface area is 204 Å². The van der Waals surface area contributed by atoms with Crippen LogP contribution < -0.4 is 11.5 Å². The Morgan fingerprint density at radius 1 is 1.03 bits per heavy atom. The molecule has 0 bridgehead atoms. The third kappa shape index (κ3) is 3.48. The zero-order chi connectivity index (χ0) is 23.7. The number of likely N-dealkylation sites (tertiary alicyclic amines) is 1. The molecule has 1 amide bonds. The molecule has 3 aliphatic rings. The van der Waals surface area contributed by atoms with Gasteiger partial charge in [-0.25, -0.2) is 4.98 Å². The Kier molecular flexibility index (Phi) is 4.79. The number of aryl methyl sites for hydroxylation is 1. The van der Waals surface area contributed by atoms with Crippen LogP contribution in [0.4, 0.5) is 0 Å². The summed E-state index contributed by atoms with van der Waals surface area (Å²) in [5, 5.41) is 1.24. The number of nitrogens with zero attached hydrogens (tertiary/aromatic N) is 4. The van der Waals surface area contributed by atoms with Gasteiger partial charge in [0.05, 0.1) is 16.7 Å². The molecule has 2 aliphatic heterocycles. The van der Waals surface area contributed by atoms with E-state index >= 15 is 0 Å². The minimum Gasteiger partial charge on any atom is -0.338 e. The van der Waals surface area contributed by atoms with Crippen molar-refractivity contribution in [3.63, 3.8) is 0 Å². The number of carbonyl (C=O) groups excluding carboxylic acids is 1. The number of aromatic nitrogens is 3. The van der Waals surface area contributed by atoms with E-state index in [2.05, 4.69) is 39.5 Å². The number of carbonyl (C=O) groups is 1. The predicted octanol–water partition coefficient (Wildman–Crippen LogP) is 4.03. The highest BCUT2D eigenvalue weighted by Gasteiger charge is 2.30. The van der Waals surface area contributed by atoms with Gasteiger partial charge in [-0.3, -0.25) is 4.79 Å². The van der Waals surface area contributed by atoms with Gasteiger partial charge < -0.3 is 25.5 Å². The number of para-hydroxylation sites is 1. The van der Waals surface area contributed by atoms with Crippen LogP contribution in [-0.4, -0.2) is 44.1 Å².